The second kappa shape index (κ2) is 7.18. The third kappa shape index (κ3) is 3.83. The molecule has 0 radical (unpaired) electrons. The van der Waals surface area contributed by atoms with E-state index in [9.17, 15) is 0 Å². The lowest BCUT2D eigenvalue weighted by Crippen LogP contribution is -2.46. The lowest BCUT2D eigenvalue weighted by molar-refractivity contribution is 0.179. The lowest BCUT2D eigenvalue weighted by Gasteiger charge is -2.30. The summed E-state index contributed by atoms with van der Waals surface area (Å²) in [6, 6.07) is 0.584. The van der Waals surface area contributed by atoms with Crippen molar-refractivity contribution in [1.29, 1.82) is 0 Å². The molecule has 21 heavy (non-hydrogen) atoms. The van der Waals surface area contributed by atoms with Crippen molar-refractivity contribution in [3.63, 3.8) is 0 Å². The molecule has 0 saturated carbocycles. The van der Waals surface area contributed by atoms with E-state index in [-0.39, 0.29) is 5.54 Å². The fraction of sp³-hybridized carbons (Fsp3) is 0.812. The second-order valence-electron chi connectivity index (χ2n) is 6.55. The highest BCUT2D eigenvalue weighted by Crippen LogP contribution is 2.35. The second-order valence-corrected chi connectivity index (χ2v) is 7.41. The van der Waals surface area contributed by atoms with Gasteiger partial charge < -0.3 is 10.1 Å². The molecule has 0 spiro atoms. The van der Waals surface area contributed by atoms with Crippen molar-refractivity contribution in [2.24, 2.45) is 0 Å². The number of nitrogens with one attached hydrogen (secondary N) is 1. The molecule has 1 unspecified atom stereocenters. The van der Waals surface area contributed by atoms with Crippen molar-refractivity contribution in [2.75, 3.05) is 33.4 Å². The van der Waals surface area contributed by atoms with E-state index in [2.05, 4.69) is 43.3 Å². The van der Waals surface area contributed by atoms with Crippen molar-refractivity contribution >= 4 is 11.3 Å². The zero-order chi connectivity index (χ0) is 15.5. The Bertz CT molecular complexity index is 446. The first-order valence-electron chi connectivity index (χ1n) is 7.92. The molecule has 2 heterocycles. The molecule has 1 aliphatic heterocycles. The first-order valence-corrected chi connectivity index (χ1v) is 8.80. The Hall–Kier alpha value is -0.490. The average molecular weight is 311 g/mol. The molecule has 0 aliphatic carbocycles. The summed E-state index contributed by atoms with van der Waals surface area (Å²) in [5, 5.41) is 7.19. The predicted molar refractivity (Wildman–Crippen MR) is 89.1 cm³/mol. The Balaban J connectivity index is 2.19. The Morgan fingerprint density at radius 1 is 1.43 bits per heavy atom. The van der Waals surface area contributed by atoms with E-state index < -0.39 is 0 Å². The molecule has 5 heteroatoms. The van der Waals surface area contributed by atoms with Gasteiger partial charge in [-0.15, -0.1) is 11.3 Å². The van der Waals surface area contributed by atoms with Gasteiger partial charge in [-0.05, 0) is 26.2 Å². The predicted octanol–water partition coefficient (Wildman–Crippen LogP) is 2.81. The van der Waals surface area contributed by atoms with Crippen LogP contribution >= 0.6 is 11.3 Å². The molecule has 0 aromatic carbocycles. The Morgan fingerprint density at radius 3 is 2.71 bits per heavy atom. The van der Waals surface area contributed by atoms with Crippen molar-refractivity contribution in [1.82, 2.24) is 15.2 Å². The van der Waals surface area contributed by atoms with Crippen molar-refractivity contribution in [2.45, 2.75) is 51.6 Å². The summed E-state index contributed by atoms with van der Waals surface area (Å²) < 4.78 is 5.21. The number of hydrogen-bond donors (Lipinski definition) is 1. The summed E-state index contributed by atoms with van der Waals surface area (Å²) in [5.41, 5.74) is 1.21. The topological polar surface area (TPSA) is 37.4 Å². The van der Waals surface area contributed by atoms with Crippen LogP contribution in [0.2, 0.25) is 0 Å². The van der Waals surface area contributed by atoms with Gasteiger partial charge in [-0.2, -0.15) is 0 Å². The van der Waals surface area contributed by atoms with E-state index >= 15 is 0 Å². The molecule has 1 aromatic heterocycles. The van der Waals surface area contributed by atoms with Crippen LogP contribution in [0.15, 0.2) is 5.38 Å². The zero-order valence-electron chi connectivity index (χ0n) is 14.0. The SMILES string of the molecule is COCCNC1(c2nc(C(C)C)cs2)CCN(C(C)C)C1. The van der Waals surface area contributed by atoms with Gasteiger partial charge in [0.05, 0.1) is 17.8 Å². The van der Waals surface area contributed by atoms with Gasteiger partial charge in [0.25, 0.3) is 0 Å². The number of aromatic nitrogens is 1. The Labute approximate surface area is 132 Å². The quantitative estimate of drug-likeness (QED) is 0.786. The minimum absolute atomic E-state index is 0.000602. The molecule has 1 aromatic rings. The Kier molecular flexibility index (Phi) is 5.77. The Morgan fingerprint density at radius 2 is 2.19 bits per heavy atom. The molecule has 120 valence electrons. The molecule has 1 aliphatic rings. The van der Waals surface area contributed by atoms with Crippen LogP contribution in [0.5, 0.6) is 0 Å². The van der Waals surface area contributed by atoms with E-state index in [4.69, 9.17) is 9.72 Å². The highest BCUT2D eigenvalue weighted by Gasteiger charge is 2.42. The van der Waals surface area contributed by atoms with Crippen LogP contribution < -0.4 is 5.32 Å². The maximum absolute atomic E-state index is 5.21. The third-order valence-corrected chi connectivity index (χ3v) is 5.39. The maximum Gasteiger partial charge on any atom is 0.114 e. The van der Waals surface area contributed by atoms with E-state index in [1.165, 1.54) is 10.7 Å². The summed E-state index contributed by atoms with van der Waals surface area (Å²) in [5.74, 6) is 0.494. The number of likely N-dealkylation sites (tertiary alicyclic amines) is 1. The first kappa shape index (κ1) is 16.9. The minimum Gasteiger partial charge on any atom is -0.383 e. The number of ether oxygens (including phenoxy) is 1. The van der Waals surface area contributed by atoms with Gasteiger partial charge in [-0.1, -0.05) is 13.8 Å². The molecule has 1 N–H and O–H groups in total. The number of methoxy groups -OCH3 is 1. The van der Waals surface area contributed by atoms with E-state index in [1.54, 1.807) is 18.4 Å². The first-order chi connectivity index (χ1) is 9.98. The molecule has 1 fully saturated rings. The smallest absolute Gasteiger partial charge is 0.114 e. The van der Waals surface area contributed by atoms with Gasteiger partial charge in [0.15, 0.2) is 0 Å². The standard InChI is InChI=1S/C16H29N3OS/c1-12(2)14-10-21-15(18-14)16(17-7-9-20-5)6-8-19(11-16)13(3)4/h10,12-13,17H,6-9,11H2,1-5H3. The molecule has 0 bridgehead atoms. The highest BCUT2D eigenvalue weighted by molar-refractivity contribution is 7.09. The van der Waals surface area contributed by atoms with E-state index in [0.717, 1.165) is 32.7 Å². The van der Waals surface area contributed by atoms with Crippen molar-refractivity contribution in [3.8, 4) is 0 Å². The van der Waals surface area contributed by atoms with Crippen LogP contribution in [-0.4, -0.2) is 49.3 Å². The van der Waals surface area contributed by atoms with Gasteiger partial charge in [0, 0.05) is 38.2 Å². The molecular weight excluding hydrogens is 282 g/mol. The minimum atomic E-state index is 0.000602. The molecule has 1 saturated heterocycles. The third-order valence-electron chi connectivity index (χ3n) is 4.32. The summed E-state index contributed by atoms with van der Waals surface area (Å²) in [6.45, 7) is 12.7. The molecule has 1 atom stereocenters. The normalized spacial score (nSPS) is 23.6. The molecule has 2 rings (SSSR count). The average Bonchev–Trinajstić information content (AvgIpc) is 3.06. The lowest BCUT2D eigenvalue weighted by atomic mass is 9.99. The molecular formula is C16H29N3OS. The monoisotopic (exact) mass is 311 g/mol. The van der Waals surface area contributed by atoms with Gasteiger partial charge in [0.2, 0.25) is 0 Å². The number of hydrogen-bond acceptors (Lipinski definition) is 5. The maximum atomic E-state index is 5.21. The van der Waals surface area contributed by atoms with E-state index in [0.29, 0.717) is 12.0 Å². The van der Waals surface area contributed by atoms with Crippen LogP contribution in [0.4, 0.5) is 0 Å². The number of nitrogens with zero attached hydrogens (tertiary/aromatic N) is 2. The van der Waals surface area contributed by atoms with Gasteiger partial charge in [-0.3, -0.25) is 4.90 Å². The fourth-order valence-corrected chi connectivity index (χ4v) is 4.02. The molecule has 4 nitrogen and oxygen atoms in total. The van der Waals surface area contributed by atoms with Crippen LogP contribution in [0.1, 0.15) is 50.7 Å². The number of thiazole rings is 1. The van der Waals surface area contributed by atoms with E-state index in [1.807, 2.05) is 0 Å². The number of rotatable bonds is 7. The fourth-order valence-electron chi connectivity index (χ4n) is 2.84. The molecule has 0 amide bonds. The van der Waals surface area contributed by atoms with Gasteiger partial charge in [-0.25, -0.2) is 4.98 Å². The van der Waals surface area contributed by atoms with Crippen LogP contribution in [-0.2, 0) is 10.3 Å². The zero-order valence-corrected chi connectivity index (χ0v) is 14.8. The highest BCUT2D eigenvalue weighted by atomic mass is 32.1. The van der Waals surface area contributed by atoms with Gasteiger partial charge in [0.1, 0.15) is 5.01 Å². The van der Waals surface area contributed by atoms with Crippen molar-refractivity contribution in [3.05, 3.63) is 16.1 Å². The van der Waals surface area contributed by atoms with Gasteiger partial charge >= 0.3 is 0 Å². The van der Waals surface area contributed by atoms with Crippen LogP contribution in [0.3, 0.4) is 0 Å². The summed E-state index contributed by atoms with van der Waals surface area (Å²) in [4.78, 5) is 7.46. The van der Waals surface area contributed by atoms with Crippen LogP contribution in [0.25, 0.3) is 0 Å². The van der Waals surface area contributed by atoms with Crippen LogP contribution in [0, 0.1) is 0 Å². The largest absolute Gasteiger partial charge is 0.383 e. The summed E-state index contributed by atoms with van der Waals surface area (Å²) in [7, 11) is 1.75. The summed E-state index contributed by atoms with van der Waals surface area (Å²) in [6.07, 6.45) is 1.12. The summed E-state index contributed by atoms with van der Waals surface area (Å²) >= 11 is 1.80. The van der Waals surface area contributed by atoms with Crippen molar-refractivity contribution < 1.29 is 4.74 Å².